The van der Waals surface area contributed by atoms with Gasteiger partial charge in [0, 0.05) is 17.5 Å². The lowest BCUT2D eigenvalue weighted by Gasteiger charge is -2.10. The molecule has 0 aliphatic carbocycles. The van der Waals surface area contributed by atoms with Crippen molar-refractivity contribution in [1.29, 1.82) is 0 Å². The molecular weight excluding hydrogens is 262 g/mol. The summed E-state index contributed by atoms with van der Waals surface area (Å²) in [5.74, 6) is 4.86. The fraction of sp³-hybridized carbons (Fsp3) is 0.471. The minimum atomic E-state index is -0.264. The molecule has 0 saturated heterocycles. The number of hydrogen-bond donors (Lipinski definition) is 3. The maximum atomic E-state index is 11.4. The number of hydrogen-bond acceptors (Lipinski definition) is 3. The van der Waals surface area contributed by atoms with Crippen LogP contribution in [0, 0.1) is 0 Å². The van der Waals surface area contributed by atoms with Crippen LogP contribution in [0.3, 0.4) is 0 Å². The normalized spacial score (nSPS) is 16.1. The van der Waals surface area contributed by atoms with Gasteiger partial charge in [-0.15, -0.1) is 0 Å². The number of allylic oxidation sites excluding steroid dienone is 4. The molecule has 21 heavy (non-hydrogen) atoms. The van der Waals surface area contributed by atoms with E-state index in [9.17, 15) is 4.79 Å². The van der Waals surface area contributed by atoms with Crippen LogP contribution in [-0.2, 0) is 4.79 Å². The molecule has 4 heteroatoms. The van der Waals surface area contributed by atoms with Crippen LogP contribution in [0.15, 0.2) is 47.9 Å². The second kappa shape index (κ2) is 10.9. The van der Waals surface area contributed by atoms with E-state index in [2.05, 4.69) is 35.9 Å². The molecule has 0 fully saturated rings. The van der Waals surface area contributed by atoms with Crippen molar-refractivity contribution in [2.45, 2.75) is 51.9 Å². The molecule has 0 atom stereocenters. The van der Waals surface area contributed by atoms with E-state index in [4.69, 9.17) is 5.84 Å². The Morgan fingerprint density at radius 1 is 1.24 bits per heavy atom. The first-order valence-electron chi connectivity index (χ1n) is 7.75. The van der Waals surface area contributed by atoms with Crippen molar-refractivity contribution in [2.75, 3.05) is 0 Å². The zero-order valence-electron chi connectivity index (χ0n) is 12.9. The van der Waals surface area contributed by atoms with Gasteiger partial charge in [-0.1, -0.05) is 37.5 Å². The molecule has 1 rings (SSSR count). The molecule has 1 amide bonds. The second-order valence-electron chi connectivity index (χ2n) is 5.12. The smallest absolute Gasteiger partial charge is 0.265 e. The van der Waals surface area contributed by atoms with Crippen LogP contribution in [-0.4, -0.2) is 5.91 Å². The molecule has 0 aromatic rings. The first kappa shape index (κ1) is 17.2. The van der Waals surface area contributed by atoms with Crippen molar-refractivity contribution in [3.63, 3.8) is 0 Å². The minimum Gasteiger partial charge on any atom is -0.362 e. The monoisotopic (exact) mass is 289 g/mol. The van der Waals surface area contributed by atoms with Crippen molar-refractivity contribution in [3.05, 3.63) is 47.9 Å². The van der Waals surface area contributed by atoms with Crippen LogP contribution in [0.2, 0.25) is 0 Å². The van der Waals surface area contributed by atoms with Gasteiger partial charge in [0.05, 0.1) is 0 Å². The summed E-state index contributed by atoms with van der Waals surface area (Å²) in [5, 5.41) is 3.13. The van der Waals surface area contributed by atoms with Gasteiger partial charge in [-0.2, -0.15) is 0 Å². The van der Waals surface area contributed by atoms with E-state index in [1.807, 2.05) is 6.08 Å². The van der Waals surface area contributed by atoms with Gasteiger partial charge in [-0.05, 0) is 44.8 Å². The molecule has 0 unspecified atom stereocenters. The van der Waals surface area contributed by atoms with Crippen molar-refractivity contribution in [1.82, 2.24) is 10.7 Å². The number of nitrogens with two attached hydrogens (primary N) is 1. The first-order valence-corrected chi connectivity index (χ1v) is 7.75. The highest BCUT2D eigenvalue weighted by molar-refractivity contribution is 5.96. The summed E-state index contributed by atoms with van der Waals surface area (Å²) < 4.78 is 0. The third kappa shape index (κ3) is 7.51. The SMILES string of the molecule is C/C=C/CCCCCCC/C=C1/C=C(C(=O)NN)C=CN1. The van der Waals surface area contributed by atoms with Crippen LogP contribution < -0.4 is 16.6 Å². The Hall–Kier alpha value is -1.81. The molecular formula is C17H27N3O. The Balaban J connectivity index is 2.17. The highest BCUT2D eigenvalue weighted by Gasteiger charge is 2.07. The fourth-order valence-corrected chi connectivity index (χ4v) is 2.19. The largest absolute Gasteiger partial charge is 0.362 e. The number of unbranched alkanes of at least 4 members (excludes halogenated alkanes) is 6. The molecule has 116 valence electrons. The predicted octanol–water partition coefficient (Wildman–Crippen LogP) is 3.21. The van der Waals surface area contributed by atoms with E-state index in [0.29, 0.717) is 5.57 Å². The van der Waals surface area contributed by atoms with Crippen molar-refractivity contribution in [3.8, 4) is 0 Å². The molecule has 0 saturated carbocycles. The molecule has 1 aliphatic rings. The minimum absolute atomic E-state index is 0.264. The summed E-state index contributed by atoms with van der Waals surface area (Å²) in [7, 11) is 0. The van der Waals surface area contributed by atoms with Crippen LogP contribution >= 0.6 is 0 Å². The molecule has 0 bridgehead atoms. The van der Waals surface area contributed by atoms with E-state index in [1.165, 1.54) is 38.5 Å². The van der Waals surface area contributed by atoms with Gasteiger partial charge >= 0.3 is 0 Å². The van der Waals surface area contributed by atoms with Crippen molar-refractivity contribution < 1.29 is 4.79 Å². The number of carbonyl (C=O) groups excluding carboxylic acids is 1. The summed E-state index contributed by atoms with van der Waals surface area (Å²) in [6.07, 6.45) is 20.3. The highest BCUT2D eigenvalue weighted by atomic mass is 16.2. The molecule has 1 aliphatic heterocycles. The number of nitrogens with one attached hydrogen (secondary N) is 2. The van der Waals surface area contributed by atoms with Crippen LogP contribution in [0.25, 0.3) is 0 Å². The number of hydrazine groups is 1. The maximum absolute atomic E-state index is 11.4. The molecule has 0 spiro atoms. The summed E-state index contributed by atoms with van der Waals surface area (Å²) in [6, 6.07) is 0. The number of dihydropyridines is 1. The lowest BCUT2D eigenvalue weighted by atomic mass is 10.1. The summed E-state index contributed by atoms with van der Waals surface area (Å²) in [5.41, 5.74) is 3.68. The number of rotatable bonds is 9. The first-order chi connectivity index (χ1) is 10.3. The third-order valence-electron chi connectivity index (χ3n) is 3.39. The standard InChI is InChI=1S/C17H27N3O/c1-2-3-4-5-6-7-8-9-10-11-16-14-15(12-13-19-16)17(21)20-18/h2-3,11-14,19H,4-10,18H2,1H3,(H,20,21)/b3-2+,16-11-. The van der Waals surface area contributed by atoms with E-state index in [1.54, 1.807) is 12.3 Å². The quantitative estimate of drug-likeness (QED) is 0.201. The number of amides is 1. The van der Waals surface area contributed by atoms with Gasteiger partial charge in [-0.25, -0.2) is 5.84 Å². The zero-order valence-corrected chi connectivity index (χ0v) is 12.9. The molecule has 1 heterocycles. The van der Waals surface area contributed by atoms with Crippen molar-refractivity contribution in [2.24, 2.45) is 5.84 Å². The zero-order chi connectivity index (χ0) is 15.3. The Kier molecular flexibility index (Phi) is 8.96. The number of carbonyl (C=O) groups is 1. The van der Waals surface area contributed by atoms with Gasteiger partial charge < -0.3 is 5.32 Å². The van der Waals surface area contributed by atoms with Gasteiger partial charge in [0.25, 0.3) is 5.91 Å². The molecule has 0 aromatic heterocycles. The van der Waals surface area contributed by atoms with Crippen LogP contribution in [0.5, 0.6) is 0 Å². The predicted molar refractivity (Wildman–Crippen MR) is 87.9 cm³/mol. The van der Waals surface area contributed by atoms with Crippen LogP contribution in [0.4, 0.5) is 0 Å². The Morgan fingerprint density at radius 3 is 2.67 bits per heavy atom. The summed E-state index contributed by atoms with van der Waals surface area (Å²) in [4.78, 5) is 11.4. The van der Waals surface area contributed by atoms with Gasteiger partial charge in [0.15, 0.2) is 0 Å². The van der Waals surface area contributed by atoms with E-state index >= 15 is 0 Å². The van der Waals surface area contributed by atoms with Gasteiger partial charge in [0.2, 0.25) is 0 Å². The van der Waals surface area contributed by atoms with Gasteiger partial charge in [0.1, 0.15) is 0 Å². The van der Waals surface area contributed by atoms with Crippen LogP contribution in [0.1, 0.15) is 51.9 Å². The van der Waals surface area contributed by atoms with Crippen molar-refractivity contribution >= 4 is 5.91 Å². The average molecular weight is 289 g/mol. The lowest BCUT2D eigenvalue weighted by Crippen LogP contribution is -2.31. The maximum Gasteiger partial charge on any atom is 0.265 e. The molecule has 0 aromatic carbocycles. The van der Waals surface area contributed by atoms with Gasteiger partial charge in [-0.3, -0.25) is 10.2 Å². The third-order valence-corrected chi connectivity index (χ3v) is 3.39. The molecule has 4 nitrogen and oxygen atoms in total. The Bertz CT molecular complexity index is 433. The second-order valence-corrected chi connectivity index (χ2v) is 5.12. The lowest BCUT2D eigenvalue weighted by molar-refractivity contribution is -0.117. The summed E-state index contributed by atoms with van der Waals surface area (Å²) >= 11 is 0. The van der Waals surface area contributed by atoms with E-state index < -0.39 is 0 Å². The van der Waals surface area contributed by atoms with E-state index in [0.717, 1.165) is 12.1 Å². The fourth-order valence-electron chi connectivity index (χ4n) is 2.19. The molecule has 4 N–H and O–H groups in total. The topological polar surface area (TPSA) is 67.2 Å². The Morgan fingerprint density at radius 2 is 1.95 bits per heavy atom. The average Bonchev–Trinajstić information content (AvgIpc) is 2.53. The Labute approximate surface area is 127 Å². The highest BCUT2D eigenvalue weighted by Crippen LogP contribution is 2.12. The molecule has 0 radical (unpaired) electrons. The van der Waals surface area contributed by atoms with E-state index in [-0.39, 0.29) is 5.91 Å². The summed E-state index contributed by atoms with van der Waals surface area (Å²) in [6.45, 7) is 2.07.